The molecular weight excluding hydrogens is 324 g/mol. The molecule has 0 saturated heterocycles. The number of hydrogen-bond acceptors (Lipinski definition) is 5. The molecule has 0 aliphatic rings. The van der Waals surface area contributed by atoms with E-state index in [2.05, 4.69) is 15.0 Å². The zero-order chi connectivity index (χ0) is 17.5. The minimum absolute atomic E-state index is 0.468. The van der Waals surface area contributed by atoms with Crippen LogP contribution in [0, 0.1) is 0 Å². The SMILES string of the molecule is Nc1ncnc2ccc(-c3cccnc3-c3cccc4ccoc34)cc12. The van der Waals surface area contributed by atoms with Gasteiger partial charge in [0.15, 0.2) is 0 Å². The average molecular weight is 338 g/mol. The Morgan fingerprint density at radius 1 is 0.846 bits per heavy atom. The predicted molar refractivity (Wildman–Crippen MR) is 102 cm³/mol. The summed E-state index contributed by atoms with van der Waals surface area (Å²) in [5.41, 5.74) is 11.5. The molecule has 124 valence electrons. The Labute approximate surface area is 149 Å². The topological polar surface area (TPSA) is 77.8 Å². The van der Waals surface area contributed by atoms with Crippen molar-refractivity contribution < 1.29 is 4.42 Å². The minimum Gasteiger partial charge on any atom is -0.464 e. The van der Waals surface area contributed by atoms with Crippen LogP contribution in [0.1, 0.15) is 0 Å². The van der Waals surface area contributed by atoms with Crippen molar-refractivity contribution in [1.82, 2.24) is 15.0 Å². The van der Waals surface area contributed by atoms with Gasteiger partial charge in [0, 0.05) is 28.1 Å². The number of para-hydroxylation sites is 1. The van der Waals surface area contributed by atoms with Crippen molar-refractivity contribution in [2.75, 3.05) is 5.73 Å². The fraction of sp³-hybridized carbons (Fsp3) is 0. The van der Waals surface area contributed by atoms with E-state index < -0.39 is 0 Å². The summed E-state index contributed by atoms with van der Waals surface area (Å²) in [7, 11) is 0. The van der Waals surface area contributed by atoms with E-state index in [0.29, 0.717) is 5.82 Å². The second kappa shape index (κ2) is 5.67. The Hall–Kier alpha value is -3.73. The van der Waals surface area contributed by atoms with E-state index in [-0.39, 0.29) is 0 Å². The summed E-state index contributed by atoms with van der Waals surface area (Å²) in [4.78, 5) is 13.0. The van der Waals surface area contributed by atoms with Crippen molar-refractivity contribution >= 4 is 27.7 Å². The Bertz CT molecular complexity index is 1260. The van der Waals surface area contributed by atoms with Gasteiger partial charge in [0.25, 0.3) is 0 Å². The standard InChI is InChI=1S/C21H14N4O/c22-21-17-11-14(6-7-18(17)24-12-25-21)15-5-2-9-23-19(15)16-4-1-3-13-8-10-26-20(13)16/h1-12H,(H2,22,24,25). The molecule has 2 N–H and O–H groups in total. The highest BCUT2D eigenvalue weighted by Gasteiger charge is 2.14. The van der Waals surface area contributed by atoms with E-state index in [1.54, 1.807) is 12.5 Å². The number of fused-ring (bicyclic) bond motifs is 2. The molecule has 5 aromatic rings. The third-order valence-corrected chi connectivity index (χ3v) is 4.52. The predicted octanol–water partition coefficient (Wildman–Crippen LogP) is 4.69. The zero-order valence-electron chi connectivity index (χ0n) is 13.8. The van der Waals surface area contributed by atoms with Gasteiger partial charge >= 0.3 is 0 Å². The van der Waals surface area contributed by atoms with Crippen LogP contribution in [-0.4, -0.2) is 15.0 Å². The lowest BCUT2D eigenvalue weighted by Crippen LogP contribution is -1.94. The lowest BCUT2D eigenvalue weighted by atomic mass is 9.97. The van der Waals surface area contributed by atoms with Crippen LogP contribution >= 0.6 is 0 Å². The van der Waals surface area contributed by atoms with Crippen molar-refractivity contribution in [3.05, 3.63) is 73.4 Å². The Balaban J connectivity index is 1.77. The number of anilines is 1. The Kier molecular flexibility index (Phi) is 3.18. The summed E-state index contributed by atoms with van der Waals surface area (Å²) in [6.07, 6.45) is 4.97. The van der Waals surface area contributed by atoms with Crippen molar-refractivity contribution in [3.8, 4) is 22.4 Å². The molecule has 0 amide bonds. The monoisotopic (exact) mass is 338 g/mol. The van der Waals surface area contributed by atoms with Crippen molar-refractivity contribution in [2.24, 2.45) is 0 Å². The molecule has 0 spiro atoms. The van der Waals surface area contributed by atoms with Crippen molar-refractivity contribution in [1.29, 1.82) is 0 Å². The van der Waals surface area contributed by atoms with Crippen LogP contribution in [0.25, 0.3) is 44.3 Å². The number of pyridine rings is 1. The fourth-order valence-corrected chi connectivity index (χ4v) is 3.28. The smallest absolute Gasteiger partial charge is 0.143 e. The number of rotatable bonds is 2. The largest absolute Gasteiger partial charge is 0.464 e. The van der Waals surface area contributed by atoms with Gasteiger partial charge in [-0.2, -0.15) is 0 Å². The van der Waals surface area contributed by atoms with Gasteiger partial charge in [-0.15, -0.1) is 0 Å². The van der Waals surface area contributed by atoms with Gasteiger partial charge < -0.3 is 10.2 Å². The summed E-state index contributed by atoms with van der Waals surface area (Å²) >= 11 is 0. The van der Waals surface area contributed by atoms with Crippen molar-refractivity contribution in [3.63, 3.8) is 0 Å². The van der Waals surface area contributed by atoms with E-state index in [9.17, 15) is 0 Å². The molecule has 0 radical (unpaired) electrons. The maximum atomic E-state index is 6.03. The molecule has 5 rings (SSSR count). The molecule has 0 aliphatic heterocycles. The number of hydrogen-bond donors (Lipinski definition) is 1. The minimum atomic E-state index is 0.468. The molecule has 5 nitrogen and oxygen atoms in total. The summed E-state index contributed by atoms with van der Waals surface area (Å²) in [5, 5.41) is 1.88. The Morgan fingerprint density at radius 2 is 1.77 bits per heavy atom. The molecule has 3 heterocycles. The highest BCUT2D eigenvalue weighted by Crippen LogP contribution is 2.36. The first-order chi connectivity index (χ1) is 12.8. The molecule has 0 aliphatic carbocycles. The van der Waals surface area contributed by atoms with Crippen molar-refractivity contribution in [2.45, 2.75) is 0 Å². The second-order valence-electron chi connectivity index (χ2n) is 6.03. The normalized spacial score (nSPS) is 11.2. The van der Waals surface area contributed by atoms with E-state index >= 15 is 0 Å². The maximum Gasteiger partial charge on any atom is 0.143 e. The van der Waals surface area contributed by atoms with Gasteiger partial charge in [0.2, 0.25) is 0 Å². The molecule has 0 fully saturated rings. The number of benzene rings is 2. The second-order valence-corrected chi connectivity index (χ2v) is 6.03. The molecule has 3 aromatic heterocycles. The van der Waals surface area contributed by atoms with Gasteiger partial charge in [0.05, 0.1) is 17.5 Å². The quantitative estimate of drug-likeness (QED) is 0.505. The van der Waals surface area contributed by atoms with Crippen LogP contribution < -0.4 is 5.73 Å². The van der Waals surface area contributed by atoms with E-state index in [1.165, 1.54) is 6.33 Å². The molecule has 0 unspecified atom stereocenters. The first kappa shape index (κ1) is 14.6. The number of nitrogens with zero attached hydrogens (tertiary/aromatic N) is 3. The number of furan rings is 1. The molecule has 2 aromatic carbocycles. The number of aromatic nitrogens is 3. The number of nitrogens with two attached hydrogens (primary N) is 1. The van der Waals surface area contributed by atoms with Crippen LogP contribution in [0.4, 0.5) is 5.82 Å². The van der Waals surface area contributed by atoms with Crippen LogP contribution in [0.15, 0.2) is 77.8 Å². The first-order valence-corrected chi connectivity index (χ1v) is 8.23. The lowest BCUT2D eigenvalue weighted by molar-refractivity contribution is 0.616. The van der Waals surface area contributed by atoms with Gasteiger partial charge in [-0.1, -0.05) is 24.3 Å². The number of nitrogen functional groups attached to an aromatic ring is 1. The molecule has 0 atom stereocenters. The molecule has 5 heteroatoms. The van der Waals surface area contributed by atoms with Crippen LogP contribution in [0.5, 0.6) is 0 Å². The third-order valence-electron chi connectivity index (χ3n) is 4.52. The fourth-order valence-electron chi connectivity index (χ4n) is 3.28. The van der Waals surface area contributed by atoms with Crippen LogP contribution in [0.2, 0.25) is 0 Å². The molecular formula is C21H14N4O. The molecule has 0 saturated carbocycles. The van der Waals surface area contributed by atoms with Gasteiger partial charge in [-0.3, -0.25) is 4.98 Å². The summed E-state index contributed by atoms with van der Waals surface area (Å²) < 4.78 is 5.70. The van der Waals surface area contributed by atoms with E-state index in [0.717, 1.165) is 44.3 Å². The van der Waals surface area contributed by atoms with Gasteiger partial charge in [0.1, 0.15) is 17.7 Å². The zero-order valence-corrected chi connectivity index (χ0v) is 13.8. The highest BCUT2D eigenvalue weighted by atomic mass is 16.3. The lowest BCUT2D eigenvalue weighted by Gasteiger charge is -2.10. The highest BCUT2D eigenvalue weighted by molar-refractivity contribution is 5.98. The average Bonchev–Trinajstić information content (AvgIpc) is 3.17. The van der Waals surface area contributed by atoms with Crippen LogP contribution in [-0.2, 0) is 0 Å². The van der Waals surface area contributed by atoms with E-state index in [4.69, 9.17) is 10.2 Å². The summed E-state index contributed by atoms with van der Waals surface area (Å²) in [6.45, 7) is 0. The van der Waals surface area contributed by atoms with Crippen LogP contribution in [0.3, 0.4) is 0 Å². The third kappa shape index (κ3) is 2.22. The summed E-state index contributed by atoms with van der Waals surface area (Å²) in [5.74, 6) is 0.468. The molecule has 26 heavy (non-hydrogen) atoms. The van der Waals surface area contributed by atoms with Gasteiger partial charge in [-0.25, -0.2) is 9.97 Å². The molecule has 0 bridgehead atoms. The first-order valence-electron chi connectivity index (χ1n) is 8.23. The Morgan fingerprint density at radius 3 is 2.73 bits per heavy atom. The maximum absolute atomic E-state index is 6.03. The summed E-state index contributed by atoms with van der Waals surface area (Å²) in [6, 6.07) is 18.0. The van der Waals surface area contributed by atoms with Gasteiger partial charge in [-0.05, 0) is 35.9 Å². The van der Waals surface area contributed by atoms with E-state index in [1.807, 2.05) is 54.6 Å².